The minimum Gasteiger partial charge on any atom is -0.443 e. The van der Waals surface area contributed by atoms with E-state index in [4.69, 9.17) is 16.3 Å². The van der Waals surface area contributed by atoms with Crippen LogP contribution in [-0.4, -0.2) is 31.8 Å². The molecule has 2 atom stereocenters. The van der Waals surface area contributed by atoms with E-state index in [2.05, 4.69) is 0 Å². The van der Waals surface area contributed by atoms with Crippen molar-refractivity contribution < 1.29 is 22.7 Å². The Balaban J connectivity index is 2.05. The van der Waals surface area contributed by atoms with Crippen molar-refractivity contribution >= 4 is 33.5 Å². The largest absolute Gasteiger partial charge is 0.443 e. The summed E-state index contributed by atoms with van der Waals surface area (Å²) in [6.07, 6.45) is -0.296. The normalized spacial score (nSPS) is 20.3. The van der Waals surface area contributed by atoms with Gasteiger partial charge in [-0.3, -0.25) is 4.79 Å². The van der Waals surface area contributed by atoms with Gasteiger partial charge in [-0.15, -0.1) is 11.6 Å². The number of sulfonamides is 1. The molecule has 6 nitrogen and oxygen atoms in total. The van der Waals surface area contributed by atoms with Crippen LogP contribution in [0.25, 0.3) is 0 Å². The maximum atomic E-state index is 12.2. The highest BCUT2D eigenvalue weighted by Gasteiger charge is 2.43. The Morgan fingerprint density at radius 1 is 1.25 bits per heavy atom. The Bertz CT molecular complexity index is 737. The highest BCUT2D eigenvalue weighted by molar-refractivity contribution is 7.90. The molecule has 132 valence electrons. The second-order valence-corrected chi connectivity index (χ2v) is 8.67. The maximum Gasteiger partial charge on any atom is 0.421 e. The number of amides is 1. The predicted molar refractivity (Wildman–Crippen MR) is 89.6 cm³/mol. The molecule has 1 aliphatic carbocycles. The van der Waals surface area contributed by atoms with Gasteiger partial charge in [0, 0.05) is 5.92 Å². The molecular formula is C16H20ClNO5S. The van der Waals surface area contributed by atoms with Crippen LogP contribution < -0.4 is 4.72 Å². The lowest BCUT2D eigenvalue weighted by Gasteiger charge is -2.19. The van der Waals surface area contributed by atoms with Crippen molar-refractivity contribution in [3.8, 4) is 0 Å². The van der Waals surface area contributed by atoms with Gasteiger partial charge in [0.15, 0.2) is 5.78 Å². The summed E-state index contributed by atoms with van der Waals surface area (Å²) >= 11 is 5.54. The van der Waals surface area contributed by atoms with Gasteiger partial charge in [-0.05, 0) is 50.8 Å². The van der Waals surface area contributed by atoms with E-state index in [0.29, 0.717) is 0 Å². The molecule has 1 aliphatic rings. The number of ketones is 1. The van der Waals surface area contributed by atoms with Crippen LogP contribution in [0.15, 0.2) is 29.2 Å². The van der Waals surface area contributed by atoms with Crippen LogP contribution in [0.4, 0.5) is 4.79 Å². The van der Waals surface area contributed by atoms with Gasteiger partial charge in [0.2, 0.25) is 0 Å². The van der Waals surface area contributed by atoms with Gasteiger partial charge in [0.05, 0.1) is 10.8 Å². The van der Waals surface area contributed by atoms with Gasteiger partial charge in [0.25, 0.3) is 10.0 Å². The second kappa shape index (κ2) is 6.72. The summed E-state index contributed by atoms with van der Waals surface area (Å²) < 4.78 is 31.1. The van der Waals surface area contributed by atoms with Crippen molar-refractivity contribution in [1.29, 1.82) is 0 Å². The minimum atomic E-state index is -4.00. The number of ether oxygens (including phenoxy) is 1. The zero-order chi connectivity index (χ0) is 18.1. The van der Waals surface area contributed by atoms with E-state index in [-0.39, 0.29) is 28.4 Å². The van der Waals surface area contributed by atoms with Gasteiger partial charge in [-0.1, -0.05) is 12.1 Å². The summed E-state index contributed by atoms with van der Waals surface area (Å²) in [5, 5.41) is 0. The van der Waals surface area contributed by atoms with Gasteiger partial charge >= 0.3 is 6.09 Å². The number of alkyl halides is 1. The van der Waals surface area contributed by atoms with Gasteiger partial charge in [-0.2, -0.15) is 0 Å². The first-order valence-corrected chi connectivity index (χ1v) is 9.50. The first kappa shape index (κ1) is 18.7. The molecule has 0 spiro atoms. The Hall–Kier alpha value is -1.60. The molecule has 0 bridgehead atoms. The van der Waals surface area contributed by atoms with Crippen LogP contribution in [0, 0.1) is 5.92 Å². The molecule has 1 amide bonds. The maximum absolute atomic E-state index is 12.2. The van der Waals surface area contributed by atoms with Crippen LogP contribution >= 0.6 is 11.6 Å². The molecule has 0 radical (unpaired) electrons. The van der Waals surface area contributed by atoms with Crippen LogP contribution in [0.3, 0.4) is 0 Å². The third-order valence-electron chi connectivity index (χ3n) is 3.57. The molecule has 1 aromatic rings. The first-order chi connectivity index (χ1) is 11.0. The average molecular weight is 374 g/mol. The first-order valence-electron chi connectivity index (χ1n) is 7.48. The molecule has 0 heterocycles. The van der Waals surface area contributed by atoms with Crippen molar-refractivity contribution in [2.75, 3.05) is 5.88 Å². The lowest BCUT2D eigenvalue weighted by molar-refractivity contribution is -0.117. The topological polar surface area (TPSA) is 89.5 Å². The molecule has 0 aliphatic heterocycles. The summed E-state index contributed by atoms with van der Waals surface area (Å²) in [5.41, 5.74) is 0.0917. The van der Waals surface area contributed by atoms with Crippen LogP contribution in [0.1, 0.15) is 38.7 Å². The smallest absolute Gasteiger partial charge is 0.421 e. The average Bonchev–Trinajstić information content (AvgIpc) is 3.24. The number of carbonyl (C=O) groups is 2. The molecular weight excluding hydrogens is 354 g/mol. The number of hydrogen-bond acceptors (Lipinski definition) is 5. The summed E-state index contributed by atoms with van der Waals surface area (Å²) in [5.74, 6) is 0.00888. The molecule has 1 fully saturated rings. The number of hydrogen-bond donors (Lipinski definition) is 1. The Morgan fingerprint density at radius 3 is 2.33 bits per heavy atom. The van der Waals surface area contributed by atoms with E-state index >= 15 is 0 Å². The molecule has 0 unspecified atom stereocenters. The molecule has 1 saturated carbocycles. The SMILES string of the molecule is CC(C)(C)OC(=O)NS(=O)(=O)c1ccc([C@@H]2C[C@H]2C(=O)CCl)cc1. The number of carbonyl (C=O) groups excluding carboxylic acids is 2. The van der Waals surface area contributed by atoms with Crippen LogP contribution in [-0.2, 0) is 19.6 Å². The number of Topliss-reactive ketones (excluding diaryl/α,β-unsaturated/α-hetero) is 1. The van der Waals surface area contributed by atoms with Crippen LogP contribution in [0.5, 0.6) is 0 Å². The van der Waals surface area contributed by atoms with Crippen molar-refractivity contribution in [3.63, 3.8) is 0 Å². The van der Waals surface area contributed by atoms with Gasteiger partial charge < -0.3 is 4.74 Å². The van der Waals surface area contributed by atoms with E-state index < -0.39 is 21.7 Å². The predicted octanol–water partition coefficient (Wildman–Crippen LogP) is 2.81. The van der Waals surface area contributed by atoms with E-state index in [1.807, 2.05) is 4.72 Å². The van der Waals surface area contributed by atoms with Gasteiger partial charge in [0.1, 0.15) is 5.60 Å². The summed E-state index contributed by atoms with van der Waals surface area (Å²) in [6.45, 7) is 4.92. The zero-order valence-electron chi connectivity index (χ0n) is 13.7. The fraction of sp³-hybridized carbons (Fsp3) is 0.500. The molecule has 2 rings (SSSR count). The van der Waals surface area contributed by atoms with E-state index in [1.165, 1.54) is 12.1 Å². The number of benzene rings is 1. The van der Waals surface area contributed by atoms with Crippen molar-refractivity contribution in [2.45, 2.75) is 43.6 Å². The molecule has 0 aromatic heterocycles. The highest BCUT2D eigenvalue weighted by Crippen LogP contribution is 2.48. The molecule has 0 saturated heterocycles. The molecule has 1 N–H and O–H groups in total. The van der Waals surface area contributed by atoms with Gasteiger partial charge in [-0.25, -0.2) is 17.9 Å². The lowest BCUT2D eigenvalue weighted by Crippen LogP contribution is -2.36. The Morgan fingerprint density at radius 2 is 1.83 bits per heavy atom. The number of rotatable bonds is 5. The summed E-state index contributed by atoms with van der Waals surface area (Å²) in [4.78, 5) is 23.1. The molecule has 8 heteroatoms. The number of halogens is 1. The fourth-order valence-corrected chi connectivity index (χ4v) is 3.45. The van der Waals surface area contributed by atoms with E-state index in [9.17, 15) is 18.0 Å². The fourth-order valence-electron chi connectivity index (χ4n) is 2.38. The summed E-state index contributed by atoms with van der Waals surface area (Å²) in [7, 11) is -4.00. The molecule has 1 aromatic carbocycles. The van der Waals surface area contributed by atoms with Crippen molar-refractivity contribution in [1.82, 2.24) is 4.72 Å². The second-order valence-electron chi connectivity index (χ2n) is 6.73. The van der Waals surface area contributed by atoms with Crippen LogP contribution in [0.2, 0.25) is 0 Å². The Labute approximate surface area is 146 Å². The zero-order valence-corrected chi connectivity index (χ0v) is 15.3. The van der Waals surface area contributed by atoms with Crippen molar-refractivity contribution in [3.05, 3.63) is 29.8 Å². The highest BCUT2D eigenvalue weighted by atomic mass is 35.5. The third-order valence-corrected chi connectivity index (χ3v) is 5.16. The lowest BCUT2D eigenvalue weighted by atomic mass is 10.1. The van der Waals surface area contributed by atoms with E-state index in [1.54, 1.807) is 32.9 Å². The molecule has 24 heavy (non-hydrogen) atoms. The quantitative estimate of drug-likeness (QED) is 0.801. The van der Waals surface area contributed by atoms with E-state index in [0.717, 1.165) is 12.0 Å². The standard InChI is InChI=1S/C16H20ClNO5S/c1-16(2,3)23-15(20)18-24(21,22)11-6-4-10(5-7-11)12-8-13(12)14(19)9-17/h4-7,12-13H,8-9H2,1-3H3,(H,18,20)/t12-,13+/m0/s1. The summed E-state index contributed by atoms with van der Waals surface area (Å²) in [6, 6.07) is 6.11. The van der Waals surface area contributed by atoms with Crippen molar-refractivity contribution in [2.24, 2.45) is 5.92 Å². The monoisotopic (exact) mass is 373 g/mol. The third kappa shape index (κ3) is 4.70. The minimum absolute atomic E-state index is 0.00459. The number of nitrogens with one attached hydrogen (secondary N) is 1. The Kier molecular flexibility index (Phi) is 5.25.